The van der Waals surface area contributed by atoms with Crippen LogP contribution in [0, 0.1) is 11.8 Å². The van der Waals surface area contributed by atoms with Crippen molar-refractivity contribution in [2.24, 2.45) is 11.8 Å². The number of hydrogen-bond acceptors (Lipinski definition) is 1. The first-order valence-corrected chi connectivity index (χ1v) is 8.09. The summed E-state index contributed by atoms with van der Waals surface area (Å²) in [5.74, 6) is 1.34. The second kappa shape index (κ2) is 8.71. The van der Waals surface area contributed by atoms with Gasteiger partial charge in [-0.05, 0) is 44.3 Å². The Kier molecular flexibility index (Phi) is 7.28. The van der Waals surface area contributed by atoms with Crippen LogP contribution in [0.4, 0.5) is 0 Å². The zero-order chi connectivity index (χ0) is 15.8. The molecule has 0 saturated heterocycles. The van der Waals surface area contributed by atoms with Gasteiger partial charge in [0.05, 0.1) is 6.04 Å². The van der Waals surface area contributed by atoms with E-state index in [2.05, 4.69) is 64.0 Å². The summed E-state index contributed by atoms with van der Waals surface area (Å²) in [6, 6.07) is 0.385. The van der Waals surface area contributed by atoms with E-state index in [0.29, 0.717) is 12.0 Å². The quantitative estimate of drug-likeness (QED) is 0.605. The fourth-order valence-corrected chi connectivity index (χ4v) is 2.57. The van der Waals surface area contributed by atoms with Gasteiger partial charge in [0.25, 0.3) is 0 Å². The van der Waals surface area contributed by atoms with Crippen molar-refractivity contribution in [2.45, 2.75) is 53.5 Å². The third kappa shape index (κ3) is 5.79. The van der Waals surface area contributed by atoms with Crippen LogP contribution < -0.4 is 5.32 Å². The van der Waals surface area contributed by atoms with Crippen LogP contribution in [0.15, 0.2) is 59.9 Å². The maximum atomic E-state index is 4.08. The molecular weight excluding hydrogens is 254 g/mol. The molecule has 3 atom stereocenters. The monoisotopic (exact) mass is 285 g/mol. The Labute approximate surface area is 131 Å². The van der Waals surface area contributed by atoms with Crippen LogP contribution >= 0.6 is 0 Å². The minimum absolute atomic E-state index is 0.385. The van der Waals surface area contributed by atoms with E-state index in [1.165, 1.54) is 24.0 Å². The molecule has 0 fully saturated rings. The minimum atomic E-state index is 0.385. The highest BCUT2D eigenvalue weighted by atomic mass is 14.9. The minimum Gasteiger partial charge on any atom is -0.384 e. The van der Waals surface area contributed by atoms with Crippen LogP contribution in [0.2, 0.25) is 0 Å². The fraction of sp³-hybridized carbons (Fsp3) is 0.500. The van der Waals surface area contributed by atoms with Crippen LogP contribution in [0.1, 0.15) is 47.5 Å². The summed E-state index contributed by atoms with van der Waals surface area (Å²) in [4.78, 5) is 0. The largest absolute Gasteiger partial charge is 0.384 e. The predicted molar refractivity (Wildman–Crippen MR) is 95.1 cm³/mol. The molecule has 1 N–H and O–H groups in total. The molecule has 0 aromatic carbocycles. The van der Waals surface area contributed by atoms with E-state index in [9.17, 15) is 0 Å². The van der Waals surface area contributed by atoms with Crippen molar-refractivity contribution in [3.05, 3.63) is 59.9 Å². The van der Waals surface area contributed by atoms with Crippen molar-refractivity contribution in [3.63, 3.8) is 0 Å². The third-order valence-electron chi connectivity index (χ3n) is 4.24. The Morgan fingerprint density at radius 3 is 2.81 bits per heavy atom. The first-order chi connectivity index (χ1) is 9.97. The Hall–Kier alpha value is -1.50. The van der Waals surface area contributed by atoms with Crippen LogP contribution in [-0.4, -0.2) is 6.04 Å². The lowest BCUT2D eigenvalue weighted by Crippen LogP contribution is -2.33. The highest BCUT2D eigenvalue weighted by Crippen LogP contribution is 2.25. The Bertz CT molecular complexity index is 462. The summed E-state index contributed by atoms with van der Waals surface area (Å²) in [6.07, 6.45) is 15.6. The Balaban J connectivity index is 2.73. The van der Waals surface area contributed by atoms with E-state index < -0.39 is 0 Å². The predicted octanol–water partition coefficient (Wildman–Crippen LogP) is 5.55. The molecule has 116 valence electrons. The zero-order valence-electron chi connectivity index (χ0n) is 14.3. The average Bonchev–Trinajstić information content (AvgIpc) is 2.46. The molecular formula is C20H31N. The van der Waals surface area contributed by atoms with E-state index in [-0.39, 0.29) is 0 Å². The second-order valence-corrected chi connectivity index (χ2v) is 6.23. The first kappa shape index (κ1) is 17.6. The number of rotatable bonds is 7. The molecule has 0 spiro atoms. The fourth-order valence-electron chi connectivity index (χ4n) is 2.57. The summed E-state index contributed by atoms with van der Waals surface area (Å²) in [7, 11) is 0. The van der Waals surface area contributed by atoms with E-state index >= 15 is 0 Å². The molecule has 0 heterocycles. The van der Waals surface area contributed by atoms with Crippen LogP contribution in [0.3, 0.4) is 0 Å². The standard InChI is InChI=1S/C20H31N/c1-7-9-17(5)18(6)14-21-20-11-10-16(4)13-19(20)12-15(3)8-2/h7,9-11,13-15,19-21H,5,8,12H2,1-4,6H3/b9-7-,18-14+. The molecule has 0 bridgehead atoms. The van der Waals surface area contributed by atoms with Gasteiger partial charge in [-0.15, -0.1) is 0 Å². The Morgan fingerprint density at radius 2 is 2.19 bits per heavy atom. The van der Waals surface area contributed by atoms with Crippen molar-refractivity contribution in [3.8, 4) is 0 Å². The maximum Gasteiger partial charge on any atom is 0.0505 e. The Morgan fingerprint density at radius 1 is 1.48 bits per heavy atom. The normalized spacial score (nSPS) is 24.0. The van der Waals surface area contributed by atoms with E-state index in [1.54, 1.807) is 0 Å². The van der Waals surface area contributed by atoms with Gasteiger partial charge >= 0.3 is 0 Å². The molecule has 1 nitrogen and oxygen atoms in total. The lowest BCUT2D eigenvalue weighted by molar-refractivity contribution is 0.388. The van der Waals surface area contributed by atoms with E-state index in [0.717, 1.165) is 11.5 Å². The first-order valence-electron chi connectivity index (χ1n) is 8.09. The molecule has 1 heteroatoms. The summed E-state index contributed by atoms with van der Waals surface area (Å²) >= 11 is 0. The van der Waals surface area contributed by atoms with Crippen LogP contribution in [-0.2, 0) is 0 Å². The van der Waals surface area contributed by atoms with Crippen molar-refractivity contribution >= 4 is 0 Å². The van der Waals surface area contributed by atoms with Gasteiger partial charge in [-0.3, -0.25) is 0 Å². The molecule has 0 aromatic rings. The lowest BCUT2D eigenvalue weighted by Gasteiger charge is -2.28. The van der Waals surface area contributed by atoms with Gasteiger partial charge in [0, 0.05) is 12.1 Å². The highest BCUT2D eigenvalue weighted by Gasteiger charge is 2.20. The van der Waals surface area contributed by atoms with E-state index in [4.69, 9.17) is 0 Å². The zero-order valence-corrected chi connectivity index (χ0v) is 14.3. The molecule has 3 unspecified atom stereocenters. The van der Waals surface area contributed by atoms with Crippen molar-refractivity contribution in [2.75, 3.05) is 0 Å². The third-order valence-corrected chi connectivity index (χ3v) is 4.24. The van der Waals surface area contributed by atoms with Crippen LogP contribution in [0.5, 0.6) is 0 Å². The molecule has 0 amide bonds. The molecule has 21 heavy (non-hydrogen) atoms. The molecule has 1 aliphatic carbocycles. The lowest BCUT2D eigenvalue weighted by atomic mass is 9.84. The second-order valence-electron chi connectivity index (χ2n) is 6.23. The van der Waals surface area contributed by atoms with Gasteiger partial charge in [0.15, 0.2) is 0 Å². The maximum absolute atomic E-state index is 4.08. The van der Waals surface area contributed by atoms with Crippen LogP contribution in [0.25, 0.3) is 0 Å². The van der Waals surface area contributed by atoms with Crippen molar-refractivity contribution in [1.82, 2.24) is 5.32 Å². The molecule has 0 aliphatic heterocycles. The molecule has 0 radical (unpaired) electrons. The number of allylic oxidation sites excluding steroid dienone is 6. The smallest absolute Gasteiger partial charge is 0.0505 e. The van der Waals surface area contributed by atoms with E-state index in [1.807, 2.05) is 19.1 Å². The molecule has 0 aromatic heterocycles. The van der Waals surface area contributed by atoms with Gasteiger partial charge in [-0.2, -0.15) is 0 Å². The van der Waals surface area contributed by atoms with Gasteiger partial charge in [-0.25, -0.2) is 0 Å². The topological polar surface area (TPSA) is 12.0 Å². The number of nitrogens with one attached hydrogen (secondary N) is 1. The average molecular weight is 285 g/mol. The van der Waals surface area contributed by atoms with Gasteiger partial charge in [0.2, 0.25) is 0 Å². The summed E-state index contributed by atoms with van der Waals surface area (Å²) in [5, 5.41) is 3.57. The SMILES string of the molecule is C=C(/C=C\C)/C(C)=C/NC1C=CC(C)=CC1CC(C)CC. The van der Waals surface area contributed by atoms with Gasteiger partial charge in [0.1, 0.15) is 0 Å². The summed E-state index contributed by atoms with van der Waals surface area (Å²) < 4.78 is 0. The molecule has 0 saturated carbocycles. The summed E-state index contributed by atoms with van der Waals surface area (Å²) in [6.45, 7) is 15.0. The molecule has 1 rings (SSSR count). The van der Waals surface area contributed by atoms with Gasteiger partial charge in [-0.1, -0.05) is 62.8 Å². The van der Waals surface area contributed by atoms with Gasteiger partial charge < -0.3 is 5.32 Å². The number of hydrogen-bond donors (Lipinski definition) is 1. The summed E-state index contributed by atoms with van der Waals surface area (Å²) in [5.41, 5.74) is 3.63. The van der Waals surface area contributed by atoms with Crippen molar-refractivity contribution in [1.29, 1.82) is 0 Å². The molecule has 1 aliphatic rings. The van der Waals surface area contributed by atoms with Crippen molar-refractivity contribution < 1.29 is 0 Å². The highest BCUT2D eigenvalue weighted by molar-refractivity contribution is 5.35.